The minimum Gasteiger partial charge on any atom is -0.352 e. The van der Waals surface area contributed by atoms with Gasteiger partial charge in [0.2, 0.25) is 0 Å². The molecule has 116 valence electrons. The summed E-state index contributed by atoms with van der Waals surface area (Å²) in [5.41, 5.74) is 3.21. The summed E-state index contributed by atoms with van der Waals surface area (Å²) in [6.07, 6.45) is 2.33. The van der Waals surface area contributed by atoms with Crippen LogP contribution < -0.4 is 5.32 Å². The molecule has 0 spiro atoms. The van der Waals surface area contributed by atoms with Crippen LogP contribution in [0.2, 0.25) is 5.15 Å². The summed E-state index contributed by atoms with van der Waals surface area (Å²) in [6.45, 7) is 7.18. The first kappa shape index (κ1) is 16.5. The van der Waals surface area contributed by atoms with Gasteiger partial charge in [0.1, 0.15) is 5.15 Å². The van der Waals surface area contributed by atoms with Crippen molar-refractivity contribution >= 4 is 17.5 Å². The summed E-state index contributed by atoms with van der Waals surface area (Å²) in [5.74, 6) is -0.129. The fourth-order valence-corrected chi connectivity index (χ4v) is 2.31. The van der Waals surface area contributed by atoms with Crippen molar-refractivity contribution in [1.82, 2.24) is 10.3 Å². The van der Waals surface area contributed by atoms with E-state index in [0.29, 0.717) is 17.3 Å². The first-order valence-electron chi connectivity index (χ1n) is 7.35. The highest BCUT2D eigenvalue weighted by molar-refractivity contribution is 6.29. The van der Waals surface area contributed by atoms with Crippen molar-refractivity contribution in [2.75, 3.05) is 6.54 Å². The number of pyridine rings is 1. The van der Waals surface area contributed by atoms with Gasteiger partial charge in [-0.3, -0.25) is 4.79 Å². The Morgan fingerprint density at radius 3 is 2.45 bits per heavy atom. The molecule has 1 heterocycles. The van der Waals surface area contributed by atoms with E-state index >= 15 is 0 Å². The average molecular weight is 317 g/mol. The van der Waals surface area contributed by atoms with Crippen LogP contribution in [0.1, 0.15) is 42.3 Å². The largest absolute Gasteiger partial charge is 0.352 e. The number of nitrogens with one attached hydrogen (secondary N) is 1. The Hall–Kier alpha value is -1.87. The predicted molar refractivity (Wildman–Crippen MR) is 90.4 cm³/mol. The third kappa shape index (κ3) is 4.57. The molecular formula is C18H21ClN2O. The topological polar surface area (TPSA) is 42.0 Å². The molecule has 1 aromatic heterocycles. The number of halogens is 1. The van der Waals surface area contributed by atoms with E-state index in [-0.39, 0.29) is 11.3 Å². The second-order valence-electron chi connectivity index (χ2n) is 6.32. The Balaban J connectivity index is 1.87. The van der Waals surface area contributed by atoms with Crippen LogP contribution in [0.3, 0.4) is 0 Å². The molecule has 3 nitrogen and oxygen atoms in total. The van der Waals surface area contributed by atoms with Gasteiger partial charge in [-0.15, -0.1) is 0 Å². The Labute approximate surface area is 136 Å². The lowest BCUT2D eigenvalue weighted by molar-refractivity contribution is 0.0954. The zero-order chi connectivity index (χ0) is 16.2. The number of hydrogen-bond donors (Lipinski definition) is 1. The van der Waals surface area contributed by atoms with Crippen LogP contribution >= 0.6 is 11.6 Å². The lowest BCUT2D eigenvalue weighted by Crippen LogP contribution is -2.25. The van der Waals surface area contributed by atoms with Gasteiger partial charge in [-0.1, -0.05) is 56.6 Å². The monoisotopic (exact) mass is 316 g/mol. The van der Waals surface area contributed by atoms with E-state index < -0.39 is 0 Å². The minimum atomic E-state index is -0.129. The molecule has 1 aromatic carbocycles. The molecule has 0 fully saturated rings. The molecule has 4 heteroatoms. The molecule has 22 heavy (non-hydrogen) atoms. The molecule has 2 aromatic rings. The molecule has 1 amide bonds. The Morgan fingerprint density at radius 1 is 1.18 bits per heavy atom. The van der Waals surface area contributed by atoms with Gasteiger partial charge in [-0.2, -0.15) is 0 Å². The van der Waals surface area contributed by atoms with E-state index in [1.165, 1.54) is 17.3 Å². The summed E-state index contributed by atoms with van der Waals surface area (Å²) < 4.78 is 0. The van der Waals surface area contributed by atoms with E-state index in [2.05, 4.69) is 55.3 Å². The first-order valence-corrected chi connectivity index (χ1v) is 7.73. The third-order valence-electron chi connectivity index (χ3n) is 3.51. The van der Waals surface area contributed by atoms with E-state index in [1.807, 2.05) is 0 Å². The van der Waals surface area contributed by atoms with Gasteiger partial charge in [-0.25, -0.2) is 4.98 Å². The van der Waals surface area contributed by atoms with Crippen LogP contribution in [0.5, 0.6) is 0 Å². The maximum absolute atomic E-state index is 12.0. The summed E-state index contributed by atoms with van der Waals surface area (Å²) in [4.78, 5) is 15.8. The van der Waals surface area contributed by atoms with Crippen molar-refractivity contribution in [3.05, 3.63) is 64.4 Å². The van der Waals surface area contributed by atoms with Gasteiger partial charge < -0.3 is 5.32 Å². The van der Waals surface area contributed by atoms with Crippen LogP contribution in [0.25, 0.3) is 0 Å². The van der Waals surface area contributed by atoms with Gasteiger partial charge in [-0.05, 0) is 35.1 Å². The summed E-state index contributed by atoms with van der Waals surface area (Å²) in [7, 11) is 0. The van der Waals surface area contributed by atoms with Crippen molar-refractivity contribution < 1.29 is 4.79 Å². The van der Waals surface area contributed by atoms with Crippen molar-refractivity contribution in [1.29, 1.82) is 0 Å². The van der Waals surface area contributed by atoms with Crippen molar-refractivity contribution in [3.8, 4) is 0 Å². The first-order chi connectivity index (χ1) is 10.4. The molecule has 0 saturated carbocycles. The lowest BCUT2D eigenvalue weighted by atomic mass is 9.86. The highest BCUT2D eigenvalue weighted by Crippen LogP contribution is 2.22. The lowest BCUT2D eigenvalue weighted by Gasteiger charge is -2.19. The molecule has 2 rings (SSSR count). The summed E-state index contributed by atoms with van der Waals surface area (Å²) in [6, 6.07) is 11.8. The number of rotatable bonds is 4. The number of carbonyl (C=O) groups excluding carboxylic acids is 1. The smallest absolute Gasteiger partial charge is 0.251 e. The fraction of sp³-hybridized carbons (Fsp3) is 0.333. The number of carbonyl (C=O) groups is 1. The second-order valence-corrected chi connectivity index (χ2v) is 6.71. The number of aromatic nitrogens is 1. The van der Waals surface area contributed by atoms with E-state index in [0.717, 1.165) is 6.42 Å². The molecule has 0 radical (unpaired) electrons. The molecule has 0 aliphatic carbocycles. The maximum atomic E-state index is 12.0. The maximum Gasteiger partial charge on any atom is 0.251 e. The summed E-state index contributed by atoms with van der Waals surface area (Å²) >= 11 is 5.78. The minimum absolute atomic E-state index is 0.129. The van der Waals surface area contributed by atoms with Crippen LogP contribution in [0, 0.1) is 0 Å². The SMILES string of the molecule is CC(C)(C)c1ccc(CCNC(=O)c2ccnc(Cl)c2)cc1. The average Bonchev–Trinajstić information content (AvgIpc) is 2.47. The van der Waals surface area contributed by atoms with Gasteiger partial charge in [0.25, 0.3) is 5.91 Å². The molecular weight excluding hydrogens is 296 g/mol. The van der Waals surface area contributed by atoms with Gasteiger partial charge in [0.15, 0.2) is 0 Å². The summed E-state index contributed by atoms with van der Waals surface area (Å²) in [5, 5.41) is 3.22. The van der Waals surface area contributed by atoms with Crippen molar-refractivity contribution in [2.24, 2.45) is 0 Å². The van der Waals surface area contributed by atoms with E-state index in [9.17, 15) is 4.79 Å². The van der Waals surface area contributed by atoms with Gasteiger partial charge in [0.05, 0.1) is 0 Å². The van der Waals surface area contributed by atoms with Crippen molar-refractivity contribution in [2.45, 2.75) is 32.6 Å². The number of nitrogens with zero attached hydrogens (tertiary/aromatic N) is 1. The standard InChI is InChI=1S/C18H21ClN2O/c1-18(2,3)15-6-4-13(5-7-15)8-10-21-17(22)14-9-11-20-16(19)12-14/h4-7,9,11-12H,8,10H2,1-3H3,(H,21,22). The number of amides is 1. The Bertz CT molecular complexity index is 645. The van der Waals surface area contributed by atoms with Gasteiger partial charge in [0, 0.05) is 18.3 Å². The number of hydrogen-bond acceptors (Lipinski definition) is 2. The fourth-order valence-electron chi connectivity index (χ4n) is 2.14. The highest BCUT2D eigenvalue weighted by atomic mass is 35.5. The molecule has 0 aliphatic rings. The molecule has 0 unspecified atom stereocenters. The zero-order valence-electron chi connectivity index (χ0n) is 13.2. The predicted octanol–water partition coefficient (Wildman–Crippen LogP) is 4.01. The highest BCUT2D eigenvalue weighted by Gasteiger charge is 2.12. The molecule has 0 atom stereocenters. The molecule has 0 bridgehead atoms. The second kappa shape index (κ2) is 6.93. The Kier molecular flexibility index (Phi) is 5.19. The molecule has 0 aliphatic heterocycles. The van der Waals surface area contributed by atoms with Crippen molar-refractivity contribution in [3.63, 3.8) is 0 Å². The van der Waals surface area contributed by atoms with E-state index in [1.54, 1.807) is 12.1 Å². The molecule has 0 saturated heterocycles. The Morgan fingerprint density at radius 2 is 1.86 bits per heavy atom. The van der Waals surface area contributed by atoms with Crippen LogP contribution in [0.15, 0.2) is 42.6 Å². The normalized spacial score (nSPS) is 11.3. The molecule has 1 N–H and O–H groups in total. The van der Waals surface area contributed by atoms with Gasteiger partial charge >= 0.3 is 0 Å². The third-order valence-corrected chi connectivity index (χ3v) is 3.71. The quantitative estimate of drug-likeness (QED) is 0.866. The van der Waals surface area contributed by atoms with E-state index in [4.69, 9.17) is 11.6 Å². The number of benzene rings is 1. The zero-order valence-corrected chi connectivity index (χ0v) is 13.9. The van der Waals surface area contributed by atoms with Crippen LogP contribution in [-0.4, -0.2) is 17.4 Å². The van der Waals surface area contributed by atoms with Crippen LogP contribution in [0.4, 0.5) is 0 Å². The van der Waals surface area contributed by atoms with Crippen LogP contribution in [-0.2, 0) is 11.8 Å².